The summed E-state index contributed by atoms with van der Waals surface area (Å²) >= 11 is 6.61. The molecule has 4 saturated heterocycles. The normalized spacial score (nSPS) is 26.3. The van der Waals surface area contributed by atoms with Crippen molar-refractivity contribution >= 4 is 48.9 Å². The molecule has 13 heteroatoms. The molecule has 2 aromatic carbocycles. The molecule has 3 atom stereocenters. The van der Waals surface area contributed by atoms with Crippen molar-refractivity contribution in [3.63, 3.8) is 0 Å². The average Bonchev–Trinajstić information content (AvgIpc) is 3.70. The highest BCUT2D eigenvalue weighted by atomic mass is 35.5. The fourth-order valence-electron chi connectivity index (χ4n) is 8.63. The summed E-state index contributed by atoms with van der Waals surface area (Å²) in [5.41, 5.74) is -0.322. The van der Waals surface area contributed by atoms with Crippen LogP contribution >= 0.6 is 11.6 Å². The smallest absolute Gasteiger partial charge is 0.319 e. The Labute approximate surface area is 264 Å². The van der Waals surface area contributed by atoms with Crippen LogP contribution in [0, 0.1) is 5.82 Å². The van der Waals surface area contributed by atoms with Gasteiger partial charge in [-0.25, -0.2) is 17.8 Å². The van der Waals surface area contributed by atoms with E-state index in [9.17, 15) is 13.5 Å². The maximum Gasteiger partial charge on any atom is 0.319 e. The van der Waals surface area contributed by atoms with Crippen LogP contribution in [0.3, 0.4) is 0 Å². The van der Waals surface area contributed by atoms with Crippen LogP contribution in [0.25, 0.3) is 32.9 Å². The molecule has 3 unspecified atom stereocenters. The lowest BCUT2D eigenvalue weighted by Crippen LogP contribution is -2.60. The second kappa shape index (κ2) is 9.84. The van der Waals surface area contributed by atoms with Gasteiger partial charge in [-0.3, -0.25) is 4.90 Å². The van der Waals surface area contributed by atoms with Gasteiger partial charge in [-0.1, -0.05) is 23.7 Å². The number of fused-ring (bicyclic) bond motifs is 7. The molecule has 5 aliphatic heterocycles. The summed E-state index contributed by atoms with van der Waals surface area (Å²) in [6, 6.07) is 7.76. The molecule has 0 radical (unpaired) electrons. The van der Waals surface area contributed by atoms with E-state index in [1.165, 1.54) is 12.1 Å². The highest BCUT2D eigenvalue weighted by Gasteiger charge is 2.48. The minimum Gasteiger partial charge on any atom is -0.508 e. The molecule has 2 N–H and O–H groups in total. The molecule has 0 saturated carbocycles. The number of sulfone groups is 1. The Morgan fingerprint density at radius 1 is 1.11 bits per heavy atom. The molecule has 0 spiro atoms. The standard InChI is InChI=1S/C32H32ClFN6O4S/c33-21-5-1-4-17-12-19(41)13-20(24(17)21)27-26(34)28-25-29(38-31(37-28)44-16-32-8-2-10-39(32)11-3-9-32)40-14-18-6-7-22(35-18)23(40)15-45(42,43)30(25)36-27/h1,4-5,12-13,18,22-23,35,41H,2-3,6-11,14-16H2. The van der Waals surface area contributed by atoms with Crippen molar-refractivity contribution in [1.82, 2.24) is 25.2 Å². The molecular weight excluding hydrogens is 619 g/mol. The van der Waals surface area contributed by atoms with Crippen molar-refractivity contribution in [2.45, 2.75) is 67.2 Å². The largest absolute Gasteiger partial charge is 0.508 e. The first kappa shape index (κ1) is 27.9. The van der Waals surface area contributed by atoms with Gasteiger partial charge in [0, 0.05) is 34.6 Å². The predicted molar refractivity (Wildman–Crippen MR) is 168 cm³/mol. The summed E-state index contributed by atoms with van der Waals surface area (Å²) in [5.74, 6) is -0.796. The predicted octanol–water partition coefficient (Wildman–Crippen LogP) is 4.45. The van der Waals surface area contributed by atoms with Crippen molar-refractivity contribution in [1.29, 1.82) is 0 Å². The molecule has 2 bridgehead atoms. The molecule has 4 fully saturated rings. The van der Waals surface area contributed by atoms with E-state index in [-0.39, 0.29) is 62.3 Å². The maximum absolute atomic E-state index is 17.0. The van der Waals surface area contributed by atoms with Crippen LogP contribution in [0.4, 0.5) is 10.2 Å². The van der Waals surface area contributed by atoms with Crippen molar-refractivity contribution in [2.24, 2.45) is 0 Å². The molecule has 2 aromatic heterocycles. The molecule has 45 heavy (non-hydrogen) atoms. The summed E-state index contributed by atoms with van der Waals surface area (Å²) in [5, 5.41) is 15.3. The molecule has 5 aliphatic rings. The van der Waals surface area contributed by atoms with Crippen LogP contribution in [-0.2, 0) is 9.84 Å². The van der Waals surface area contributed by atoms with E-state index >= 15 is 4.39 Å². The number of rotatable bonds is 4. The van der Waals surface area contributed by atoms with E-state index < -0.39 is 21.7 Å². The van der Waals surface area contributed by atoms with Crippen LogP contribution in [0.15, 0.2) is 35.4 Å². The zero-order valence-electron chi connectivity index (χ0n) is 24.5. The zero-order chi connectivity index (χ0) is 30.7. The minimum absolute atomic E-state index is 0.0235. The Morgan fingerprint density at radius 2 is 1.93 bits per heavy atom. The van der Waals surface area contributed by atoms with Crippen molar-refractivity contribution < 1.29 is 22.7 Å². The average molecular weight is 651 g/mol. The molecule has 4 aromatic rings. The topological polar surface area (TPSA) is 121 Å². The number of pyridine rings is 1. The van der Waals surface area contributed by atoms with Gasteiger partial charge >= 0.3 is 6.01 Å². The lowest BCUT2D eigenvalue weighted by atomic mass is 9.95. The Balaban J connectivity index is 1.29. The summed E-state index contributed by atoms with van der Waals surface area (Å²) in [4.78, 5) is 18.5. The Hall–Kier alpha value is -3.32. The summed E-state index contributed by atoms with van der Waals surface area (Å²) < 4.78 is 51.8. The van der Waals surface area contributed by atoms with Crippen LogP contribution < -0.4 is 15.0 Å². The summed E-state index contributed by atoms with van der Waals surface area (Å²) in [6.07, 6.45) is 6.01. The second-order valence-corrected chi connectivity index (χ2v) is 15.6. The van der Waals surface area contributed by atoms with Gasteiger partial charge in [-0.2, -0.15) is 9.97 Å². The number of piperazine rings is 1. The lowest BCUT2D eigenvalue weighted by molar-refractivity contribution is 0.108. The zero-order valence-corrected chi connectivity index (χ0v) is 26.0. The molecule has 234 valence electrons. The number of hydrogen-bond acceptors (Lipinski definition) is 10. The number of benzene rings is 2. The fraction of sp³-hybridized carbons (Fsp3) is 0.469. The fourth-order valence-corrected chi connectivity index (χ4v) is 10.7. The van der Waals surface area contributed by atoms with E-state index in [2.05, 4.69) is 20.2 Å². The van der Waals surface area contributed by atoms with Crippen molar-refractivity contribution in [2.75, 3.05) is 36.9 Å². The van der Waals surface area contributed by atoms with E-state index in [1.807, 2.05) is 4.90 Å². The van der Waals surface area contributed by atoms with E-state index in [1.54, 1.807) is 18.2 Å². The molecule has 10 nitrogen and oxygen atoms in total. The molecular formula is C32H32ClFN6O4S. The number of aromatic nitrogens is 3. The van der Waals surface area contributed by atoms with Gasteiger partial charge in [-0.05, 0) is 75.2 Å². The number of phenolic OH excluding ortho intramolecular Hbond substituents is 1. The Bertz CT molecular complexity index is 2020. The number of ether oxygens (including phenoxy) is 1. The van der Waals surface area contributed by atoms with Crippen LogP contribution in [0.2, 0.25) is 5.02 Å². The van der Waals surface area contributed by atoms with Gasteiger partial charge in [0.2, 0.25) is 0 Å². The van der Waals surface area contributed by atoms with Crippen LogP contribution in [0.5, 0.6) is 11.8 Å². The number of hydrogen-bond donors (Lipinski definition) is 2. The first-order chi connectivity index (χ1) is 21.7. The Kier molecular flexibility index (Phi) is 6.11. The van der Waals surface area contributed by atoms with Crippen molar-refractivity contribution in [3.8, 4) is 23.0 Å². The lowest BCUT2D eigenvalue weighted by Gasteiger charge is -2.40. The van der Waals surface area contributed by atoms with E-state index in [0.717, 1.165) is 51.6 Å². The number of nitrogens with one attached hydrogen (secondary N) is 1. The summed E-state index contributed by atoms with van der Waals surface area (Å²) in [7, 11) is -4.03. The van der Waals surface area contributed by atoms with Crippen molar-refractivity contribution in [3.05, 3.63) is 41.2 Å². The monoisotopic (exact) mass is 650 g/mol. The highest BCUT2D eigenvalue weighted by molar-refractivity contribution is 7.91. The van der Waals surface area contributed by atoms with E-state index in [0.29, 0.717) is 34.8 Å². The number of halogens is 2. The summed E-state index contributed by atoms with van der Waals surface area (Å²) in [6.45, 7) is 2.98. The first-order valence-corrected chi connectivity index (χ1v) is 17.7. The van der Waals surface area contributed by atoms with Gasteiger partial charge in [-0.15, -0.1) is 0 Å². The number of nitrogens with zero attached hydrogens (tertiary/aromatic N) is 5. The number of anilines is 1. The second-order valence-electron chi connectivity index (χ2n) is 13.2. The third-order valence-corrected chi connectivity index (χ3v) is 12.7. The maximum atomic E-state index is 17.0. The minimum atomic E-state index is -4.03. The van der Waals surface area contributed by atoms with Crippen LogP contribution in [-0.4, -0.2) is 89.0 Å². The Morgan fingerprint density at radius 3 is 2.76 bits per heavy atom. The van der Waals surface area contributed by atoms with Gasteiger partial charge in [0.1, 0.15) is 29.4 Å². The number of phenols is 1. The molecule has 0 amide bonds. The van der Waals surface area contributed by atoms with Gasteiger partial charge in [0.25, 0.3) is 0 Å². The van der Waals surface area contributed by atoms with E-state index in [4.69, 9.17) is 21.3 Å². The van der Waals surface area contributed by atoms with Gasteiger partial charge in [0.05, 0.1) is 22.7 Å². The first-order valence-electron chi connectivity index (χ1n) is 15.7. The highest BCUT2D eigenvalue weighted by Crippen LogP contribution is 2.45. The quantitative estimate of drug-likeness (QED) is 0.328. The third kappa shape index (κ3) is 4.18. The molecule has 7 heterocycles. The van der Waals surface area contributed by atoms with Crippen LogP contribution in [0.1, 0.15) is 38.5 Å². The molecule has 0 aliphatic carbocycles. The molecule has 9 rings (SSSR count). The number of aromatic hydroxyl groups is 1. The van der Waals surface area contributed by atoms with Gasteiger partial charge in [0.15, 0.2) is 20.7 Å². The SMILES string of the molecule is O=S1(=O)CC2C3CCC(CN2c2nc(OCC45CCCN4CCC5)nc4c(F)c(-c5cc(O)cc6cccc(Cl)c56)nc1c24)N3. The third-order valence-electron chi connectivity index (χ3n) is 10.7. The van der Waals surface area contributed by atoms with Gasteiger partial charge < -0.3 is 20.1 Å².